The summed E-state index contributed by atoms with van der Waals surface area (Å²) in [4.78, 5) is 57.1. The highest BCUT2D eigenvalue weighted by molar-refractivity contribution is 5.99. The minimum Gasteiger partial charge on any atom is -0.492 e. The fraction of sp³-hybridized carbons (Fsp3) is 0.553. The van der Waals surface area contributed by atoms with E-state index in [2.05, 4.69) is 30.7 Å². The van der Waals surface area contributed by atoms with Gasteiger partial charge in [-0.15, -0.1) is 6.58 Å². The molecule has 1 aromatic carbocycles. The number of ether oxygens (including phenoxy) is 3. The zero-order valence-electron chi connectivity index (χ0n) is 29.3. The summed E-state index contributed by atoms with van der Waals surface area (Å²) in [5.74, 6) is 4.95. The van der Waals surface area contributed by atoms with Gasteiger partial charge in [-0.1, -0.05) is 50.7 Å². The molecule has 268 valence electrons. The Hall–Kier alpha value is -4.79. The van der Waals surface area contributed by atoms with Crippen LogP contribution >= 0.6 is 0 Å². The zero-order chi connectivity index (χ0) is 36.0. The van der Waals surface area contributed by atoms with Crippen LogP contribution in [0.25, 0.3) is 10.9 Å². The van der Waals surface area contributed by atoms with Crippen molar-refractivity contribution in [2.75, 3.05) is 13.2 Å². The molecule has 1 aromatic heterocycles. The molecule has 1 saturated carbocycles. The Labute approximate surface area is 293 Å². The number of hydrogen-bond donors (Lipinski definition) is 3. The van der Waals surface area contributed by atoms with Crippen LogP contribution in [0, 0.1) is 30.6 Å². The Bertz CT molecular complexity index is 1700. The summed E-state index contributed by atoms with van der Waals surface area (Å²) in [5, 5.41) is 3.65. The van der Waals surface area contributed by atoms with Gasteiger partial charge >= 0.3 is 6.09 Å². The number of rotatable bonds is 18. The summed E-state index contributed by atoms with van der Waals surface area (Å²) in [6.45, 7) is 10.4. The largest absolute Gasteiger partial charge is 0.492 e. The van der Waals surface area contributed by atoms with Crippen molar-refractivity contribution in [2.24, 2.45) is 23.3 Å². The van der Waals surface area contributed by atoms with Crippen LogP contribution in [0.2, 0.25) is 0 Å². The first-order valence-corrected chi connectivity index (χ1v) is 17.8. The topological polar surface area (TPSA) is 176 Å². The van der Waals surface area contributed by atoms with E-state index in [4.69, 9.17) is 30.7 Å². The van der Waals surface area contributed by atoms with E-state index < -0.39 is 41.5 Å². The molecule has 0 bridgehead atoms. The number of amides is 4. The van der Waals surface area contributed by atoms with Gasteiger partial charge in [0.2, 0.25) is 17.7 Å². The lowest BCUT2D eigenvalue weighted by Crippen LogP contribution is -2.66. The number of nitrogens with zero attached hydrogens (tertiary/aromatic N) is 2. The van der Waals surface area contributed by atoms with Crippen LogP contribution in [0.5, 0.6) is 11.6 Å². The monoisotopic (exact) mass is 687 g/mol. The summed E-state index contributed by atoms with van der Waals surface area (Å²) >= 11 is 0. The van der Waals surface area contributed by atoms with Gasteiger partial charge in [-0.3, -0.25) is 14.4 Å². The minimum absolute atomic E-state index is 0.0674. The second-order valence-electron chi connectivity index (χ2n) is 13.6. The quantitative estimate of drug-likeness (QED) is 0.119. The SMILES string of the molecule is C=C[C@@H]1C#C[C@]1(NC(=O)[C@@H]1C[C@@H](Oc2nc3cc(C)ccc3c(OCCC)c2CCCCC[C@@H]2C[C@H]2OC(N)=O)CN1C(=O)CCC)C(N)=O. The molecule has 2 fully saturated rings. The third-order valence-corrected chi connectivity index (χ3v) is 9.69. The van der Waals surface area contributed by atoms with Crippen molar-refractivity contribution in [3.63, 3.8) is 0 Å². The number of hydrogen-bond acceptors (Lipinski definition) is 8. The van der Waals surface area contributed by atoms with E-state index in [1.807, 2.05) is 32.0 Å². The van der Waals surface area contributed by atoms with Gasteiger partial charge in [0.05, 0.1) is 30.1 Å². The van der Waals surface area contributed by atoms with Gasteiger partial charge in [0.15, 0.2) is 5.54 Å². The molecule has 4 amide bonds. The number of aromatic nitrogens is 1. The van der Waals surface area contributed by atoms with Gasteiger partial charge in [0.25, 0.3) is 5.91 Å². The molecular formula is C38H49N5O7. The summed E-state index contributed by atoms with van der Waals surface area (Å²) < 4.78 is 18.2. The second kappa shape index (κ2) is 15.8. The molecule has 2 aromatic rings. The maximum Gasteiger partial charge on any atom is 0.404 e. The number of likely N-dealkylation sites (tertiary alicyclic amines) is 1. The van der Waals surface area contributed by atoms with Gasteiger partial charge in [0.1, 0.15) is 24.0 Å². The number of aryl methyl sites for hydroxylation is 1. The molecule has 0 radical (unpaired) electrons. The zero-order valence-corrected chi connectivity index (χ0v) is 29.3. The summed E-state index contributed by atoms with van der Waals surface area (Å²) in [6.07, 6.45) is 7.25. The van der Waals surface area contributed by atoms with Crippen LogP contribution in [0.4, 0.5) is 4.79 Å². The van der Waals surface area contributed by atoms with Crippen LogP contribution < -0.4 is 26.3 Å². The molecule has 1 saturated heterocycles. The van der Waals surface area contributed by atoms with E-state index in [0.717, 1.165) is 66.3 Å². The van der Waals surface area contributed by atoms with E-state index in [1.165, 1.54) is 11.0 Å². The van der Waals surface area contributed by atoms with Crippen molar-refractivity contribution in [1.29, 1.82) is 0 Å². The first-order chi connectivity index (χ1) is 24.0. The molecule has 2 heterocycles. The number of nitrogens with two attached hydrogens (primary N) is 2. The average Bonchev–Trinajstić information content (AvgIpc) is 3.64. The number of primary amides is 2. The number of unbranched alkanes of at least 4 members (excludes halogenated alkanes) is 2. The van der Waals surface area contributed by atoms with Gasteiger partial charge in [0, 0.05) is 18.2 Å². The second-order valence-corrected chi connectivity index (χ2v) is 13.6. The van der Waals surface area contributed by atoms with Crippen molar-refractivity contribution in [3.05, 3.63) is 42.0 Å². The van der Waals surface area contributed by atoms with Crippen LogP contribution in [-0.2, 0) is 25.5 Å². The third kappa shape index (κ3) is 7.98. The van der Waals surface area contributed by atoms with E-state index in [9.17, 15) is 19.2 Å². The number of pyridine rings is 1. The van der Waals surface area contributed by atoms with E-state index in [-0.39, 0.29) is 31.4 Å². The van der Waals surface area contributed by atoms with Crippen LogP contribution in [0.15, 0.2) is 30.9 Å². The first kappa shape index (κ1) is 36.5. The van der Waals surface area contributed by atoms with E-state index >= 15 is 0 Å². The van der Waals surface area contributed by atoms with Crippen LogP contribution in [0.3, 0.4) is 0 Å². The Kier molecular flexibility index (Phi) is 11.6. The predicted octanol–water partition coefficient (Wildman–Crippen LogP) is 4.23. The van der Waals surface area contributed by atoms with Gasteiger partial charge in [-0.25, -0.2) is 9.78 Å². The van der Waals surface area contributed by atoms with Crippen molar-refractivity contribution in [2.45, 2.75) is 109 Å². The average molecular weight is 688 g/mol. The standard InChI is InChI=1S/C38H49N5O7/c1-5-11-32(44)43-22-26(21-30(43)34(45)42-38(36(39)46)17-16-25(38)7-3)49-35-28(13-10-8-9-12-24-20-31(24)50-37(40)47)33(48-18-6-2)27-15-14-23(4)19-29(27)41-35/h7,14-15,19,24-26,30-31H,3,5-6,8-13,18,20-22H2,1-2,4H3,(H2,39,46)(H2,40,47)(H,42,45)/t24-,25-,26-,30+,31-,38-/m1/s1. The molecule has 12 heteroatoms. The van der Waals surface area contributed by atoms with Crippen molar-refractivity contribution < 1.29 is 33.4 Å². The Morgan fingerprint density at radius 1 is 1.14 bits per heavy atom. The summed E-state index contributed by atoms with van der Waals surface area (Å²) in [6, 6.07) is 5.16. The first-order valence-electron chi connectivity index (χ1n) is 17.8. The highest BCUT2D eigenvalue weighted by Gasteiger charge is 2.50. The number of nitrogens with one attached hydrogen (secondary N) is 1. The molecule has 2 aliphatic carbocycles. The molecule has 6 atom stereocenters. The smallest absolute Gasteiger partial charge is 0.404 e. The fourth-order valence-corrected chi connectivity index (χ4v) is 6.87. The predicted molar refractivity (Wildman–Crippen MR) is 188 cm³/mol. The number of fused-ring (bicyclic) bond motifs is 1. The highest BCUT2D eigenvalue weighted by Crippen LogP contribution is 2.40. The Morgan fingerprint density at radius 2 is 1.94 bits per heavy atom. The molecule has 5 N–H and O–H groups in total. The van der Waals surface area contributed by atoms with Crippen molar-refractivity contribution >= 4 is 34.7 Å². The molecular weight excluding hydrogens is 638 g/mol. The van der Waals surface area contributed by atoms with Crippen LogP contribution in [0.1, 0.15) is 82.8 Å². The van der Waals surface area contributed by atoms with Gasteiger partial charge in [-0.2, -0.15) is 0 Å². The lowest BCUT2D eigenvalue weighted by Gasteiger charge is -2.36. The van der Waals surface area contributed by atoms with Gasteiger partial charge in [-0.05, 0) is 69.1 Å². The summed E-state index contributed by atoms with van der Waals surface area (Å²) in [5.41, 5.74) is 11.9. The molecule has 50 heavy (non-hydrogen) atoms. The molecule has 1 aliphatic heterocycles. The van der Waals surface area contributed by atoms with Crippen molar-refractivity contribution in [3.8, 4) is 23.5 Å². The molecule has 0 spiro atoms. The highest BCUT2D eigenvalue weighted by atomic mass is 16.6. The number of benzene rings is 1. The number of carbonyl (C=O) groups excluding carboxylic acids is 4. The molecule has 12 nitrogen and oxygen atoms in total. The minimum atomic E-state index is -1.57. The van der Waals surface area contributed by atoms with Crippen molar-refractivity contribution in [1.82, 2.24) is 15.2 Å². The molecule has 0 unspecified atom stereocenters. The molecule has 5 rings (SSSR count). The van der Waals surface area contributed by atoms with E-state index in [1.54, 1.807) is 0 Å². The van der Waals surface area contributed by atoms with E-state index in [0.29, 0.717) is 31.2 Å². The fourth-order valence-electron chi connectivity index (χ4n) is 6.87. The Morgan fingerprint density at radius 3 is 2.60 bits per heavy atom. The number of carbonyl (C=O) groups is 4. The maximum absolute atomic E-state index is 13.8. The maximum atomic E-state index is 13.8. The molecule has 3 aliphatic rings. The van der Waals surface area contributed by atoms with Crippen LogP contribution in [-0.4, -0.2) is 70.6 Å². The lowest BCUT2D eigenvalue weighted by atomic mass is 9.76. The Balaban J connectivity index is 1.38. The lowest BCUT2D eigenvalue weighted by molar-refractivity contribution is -0.140. The normalized spacial score (nSPS) is 24.8. The summed E-state index contributed by atoms with van der Waals surface area (Å²) in [7, 11) is 0. The third-order valence-electron chi connectivity index (χ3n) is 9.69. The van der Waals surface area contributed by atoms with Gasteiger partial charge < -0.3 is 35.9 Å².